The highest BCUT2D eigenvalue weighted by molar-refractivity contribution is 7.89. The maximum atomic E-state index is 12.4. The van der Waals surface area contributed by atoms with Crippen LogP contribution in [0.2, 0.25) is 0 Å². The Balaban J connectivity index is 1.98. The SMILES string of the molecule is CCCn1c(C)cc(/C=C(/C#N)C(=O)NCCNS(=O)(=O)c2ccc(C)cc2)c1C. The second-order valence-electron chi connectivity index (χ2n) is 7.11. The van der Waals surface area contributed by atoms with E-state index in [0.29, 0.717) is 0 Å². The van der Waals surface area contributed by atoms with Gasteiger partial charge in [0.15, 0.2) is 0 Å². The third-order valence-electron chi connectivity index (χ3n) is 4.76. The van der Waals surface area contributed by atoms with Crippen molar-refractivity contribution in [3.63, 3.8) is 0 Å². The summed E-state index contributed by atoms with van der Waals surface area (Å²) in [6.45, 7) is 8.88. The van der Waals surface area contributed by atoms with Gasteiger partial charge in [0.05, 0.1) is 4.90 Å². The molecule has 1 heterocycles. The standard InChI is InChI=1S/C22H28N4O3S/c1-5-12-26-17(3)13-19(18(26)4)14-20(15-23)22(27)24-10-11-25-30(28,29)21-8-6-16(2)7-9-21/h6-9,13-14,25H,5,10-12H2,1-4H3,(H,24,27)/b20-14-. The summed E-state index contributed by atoms with van der Waals surface area (Å²) in [7, 11) is -3.65. The van der Waals surface area contributed by atoms with Gasteiger partial charge in [-0.25, -0.2) is 13.1 Å². The molecule has 0 aliphatic heterocycles. The van der Waals surface area contributed by atoms with Crippen LogP contribution in [0.25, 0.3) is 6.08 Å². The lowest BCUT2D eigenvalue weighted by atomic mass is 10.1. The zero-order chi connectivity index (χ0) is 22.3. The summed E-state index contributed by atoms with van der Waals surface area (Å²) in [5.74, 6) is -0.535. The van der Waals surface area contributed by atoms with Gasteiger partial charge in [-0.15, -0.1) is 0 Å². The van der Waals surface area contributed by atoms with E-state index >= 15 is 0 Å². The molecule has 2 aromatic rings. The highest BCUT2D eigenvalue weighted by Crippen LogP contribution is 2.18. The molecular formula is C22H28N4O3S. The Morgan fingerprint density at radius 3 is 2.43 bits per heavy atom. The fourth-order valence-corrected chi connectivity index (χ4v) is 4.13. The summed E-state index contributed by atoms with van der Waals surface area (Å²) in [5, 5.41) is 12.0. The first kappa shape index (κ1) is 23.4. The van der Waals surface area contributed by atoms with E-state index < -0.39 is 15.9 Å². The largest absolute Gasteiger partial charge is 0.350 e. The number of nitrogens with one attached hydrogen (secondary N) is 2. The molecule has 160 valence electrons. The Kier molecular flexibility index (Phi) is 7.98. The van der Waals surface area contributed by atoms with E-state index in [0.717, 1.165) is 35.5 Å². The Morgan fingerprint density at radius 2 is 1.83 bits per heavy atom. The van der Waals surface area contributed by atoms with Crippen molar-refractivity contribution in [3.05, 3.63) is 58.4 Å². The van der Waals surface area contributed by atoms with Crippen molar-refractivity contribution in [3.8, 4) is 6.07 Å². The fourth-order valence-electron chi connectivity index (χ4n) is 3.10. The summed E-state index contributed by atoms with van der Waals surface area (Å²) in [4.78, 5) is 12.5. The van der Waals surface area contributed by atoms with Gasteiger partial charge >= 0.3 is 0 Å². The number of aromatic nitrogens is 1. The monoisotopic (exact) mass is 428 g/mol. The molecule has 0 aliphatic rings. The second kappa shape index (κ2) is 10.2. The predicted molar refractivity (Wildman–Crippen MR) is 117 cm³/mol. The molecule has 0 fully saturated rings. The molecule has 30 heavy (non-hydrogen) atoms. The lowest BCUT2D eigenvalue weighted by molar-refractivity contribution is -0.117. The van der Waals surface area contributed by atoms with Crippen LogP contribution in [0.5, 0.6) is 0 Å². The Labute approximate surface area is 178 Å². The molecule has 8 heteroatoms. The molecule has 0 saturated carbocycles. The predicted octanol–water partition coefficient (Wildman–Crippen LogP) is 2.83. The second-order valence-corrected chi connectivity index (χ2v) is 8.88. The third kappa shape index (κ3) is 5.81. The highest BCUT2D eigenvalue weighted by Gasteiger charge is 2.15. The number of hydrogen-bond donors (Lipinski definition) is 2. The molecule has 0 radical (unpaired) electrons. The molecule has 0 unspecified atom stereocenters. The van der Waals surface area contributed by atoms with Crippen LogP contribution in [0.15, 0.2) is 40.8 Å². The van der Waals surface area contributed by atoms with Gasteiger partial charge in [-0.1, -0.05) is 24.6 Å². The van der Waals surface area contributed by atoms with Gasteiger partial charge in [-0.2, -0.15) is 5.26 Å². The first-order valence-electron chi connectivity index (χ1n) is 9.82. The van der Waals surface area contributed by atoms with Crippen LogP contribution < -0.4 is 10.0 Å². The number of carbonyl (C=O) groups excluding carboxylic acids is 1. The lowest BCUT2D eigenvalue weighted by Gasteiger charge is -2.08. The van der Waals surface area contributed by atoms with E-state index in [1.54, 1.807) is 18.2 Å². The first-order valence-corrected chi connectivity index (χ1v) is 11.3. The summed E-state index contributed by atoms with van der Waals surface area (Å²) < 4.78 is 29.1. The van der Waals surface area contributed by atoms with Crippen LogP contribution in [0, 0.1) is 32.1 Å². The number of nitriles is 1. The van der Waals surface area contributed by atoms with Crippen LogP contribution in [-0.2, 0) is 21.4 Å². The van der Waals surface area contributed by atoms with E-state index in [4.69, 9.17) is 0 Å². The fraction of sp³-hybridized carbons (Fsp3) is 0.364. The average Bonchev–Trinajstić information content (AvgIpc) is 2.97. The van der Waals surface area contributed by atoms with E-state index in [1.165, 1.54) is 12.1 Å². The van der Waals surface area contributed by atoms with Crippen molar-refractivity contribution in [1.29, 1.82) is 5.26 Å². The van der Waals surface area contributed by atoms with Crippen LogP contribution in [0.4, 0.5) is 0 Å². The van der Waals surface area contributed by atoms with Crippen LogP contribution in [0.1, 0.15) is 35.9 Å². The van der Waals surface area contributed by atoms with Gasteiger partial charge in [0.2, 0.25) is 10.0 Å². The minimum Gasteiger partial charge on any atom is -0.350 e. The van der Waals surface area contributed by atoms with Crippen molar-refractivity contribution in [2.45, 2.75) is 45.6 Å². The van der Waals surface area contributed by atoms with Gasteiger partial charge in [0.1, 0.15) is 11.6 Å². The summed E-state index contributed by atoms with van der Waals surface area (Å²) >= 11 is 0. The quantitative estimate of drug-likeness (QED) is 0.364. The van der Waals surface area contributed by atoms with Crippen LogP contribution in [-0.4, -0.2) is 32.0 Å². The first-order chi connectivity index (χ1) is 14.2. The Bertz CT molecular complexity index is 1070. The molecule has 7 nitrogen and oxygen atoms in total. The maximum absolute atomic E-state index is 12.4. The Morgan fingerprint density at radius 1 is 1.17 bits per heavy atom. The number of hydrogen-bond acceptors (Lipinski definition) is 4. The smallest absolute Gasteiger partial charge is 0.262 e. The van der Waals surface area contributed by atoms with Gasteiger partial charge in [-0.3, -0.25) is 4.79 Å². The topological polar surface area (TPSA) is 104 Å². The third-order valence-corrected chi connectivity index (χ3v) is 6.24. The molecule has 0 aliphatic carbocycles. The van der Waals surface area contributed by atoms with E-state index in [9.17, 15) is 18.5 Å². The molecule has 2 rings (SSSR count). The minimum absolute atomic E-state index is 0.0195. The van der Waals surface area contributed by atoms with Crippen molar-refractivity contribution in [1.82, 2.24) is 14.6 Å². The molecule has 1 amide bonds. The summed E-state index contributed by atoms with van der Waals surface area (Å²) in [5.41, 5.74) is 3.85. The molecule has 2 N–H and O–H groups in total. The van der Waals surface area contributed by atoms with E-state index in [-0.39, 0.29) is 23.6 Å². The maximum Gasteiger partial charge on any atom is 0.262 e. The highest BCUT2D eigenvalue weighted by atomic mass is 32.2. The van der Waals surface area contributed by atoms with E-state index in [2.05, 4.69) is 21.5 Å². The van der Waals surface area contributed by atoms with Crippen molar-refractivity contribution in [2.24, 2.45) is 0 Å². The minimum atomic E-state index is -3.65. The molecule has 1 aromatic heterocycles. The Hall–Kier alpha value is -2.89. The van der Waals surface area contributed by atoms with Crippen molar-refractivity contribution < 1.29 is 13.2 Å². The van der Waals surface area contributed by atoms with Crippen LogP contribution >= 0.6 is 0 Å². The number of benzene rings is 1. The normalized spacial score (nSPS) is 11.9. The number of rotatable bonds is 9. The molecule has 0 saturated heterocycles. The number of aryl methyl sites for hydroxylation is 2. The zero-order valence-electron chi connectivity index (χ0n) is 17.8. The van der Waals surface area contributed by atoms with Gasteiger partial charge in [-0.05, 0) is 57.0 Å². The van der Waals surface area contributed by atoms with Gasteiger partial charge in [0.25, 0.3) is 5.91 Å². The summed E-state index contributed by atoms with van der Waals surface area (Å²) in [6.07, 6.45) is 2.56. The van der Waals surface area contributed by atoms with E-state index in [1.807, 2.05) is 32.9 Å². The summed E-state index contributed by atoms with van der Waals surface area (Å²) in [6, 6.07) is 10.4. The average molecular weight is 429 g/mol. The number of amides is 1. The number of nitrogens with zero attached hydrogens (tertiary/aromatic N) is 2. The van der Waals surface area contributed by atoms with Gasteiger partial charge < -0.3 is 9.88 Å². The van der Waals surface area contributed by atoms with Crippen molar-refractivity contribution in [2.75, 3.05) is 13.1 Å². The molecule has 0 atom stereocenters. The molecule has 0 spiro atoms. The number of carbonyl (C=O) groups is 1. The van der Waals surface area contributed by atoms with Crippen molar-refractivity contribution >= 4 is 22.0 Å². The van der Waals surface area contributed by atoms with Gasteiger partial charge in [0, 0.05) is 31.0 Å². The molecule has 0 bridgehead atoms. The lowest BCUT2D eigenvalue weighted by Crippen LogP contribution is -2.35. The molecular weight excluding hydrogens is 400 g/mol. The molecule has 1 aromatic carbocycles. The van der Waals surface area contributed by atoms with Crippen LogP contribution in [0.3, 0.4) is 0 Å². The number of sulfonamides is 1. The zero-order valence-corrected chi connectivity index (χ0v) is 18.6.